The molecule has 1 aromatic carbocycles. The van der Waals surface area contributed by atoms with Gasteiger partial charge in [0, 0.05) is 55.8 Å². The minimum absolute atomic E-state index is 0.0378. The third kappa shape index (κ3) is 9.12. The first kappa shape index (κ1) is 36.2. The Hall–Kier alpha value is -3.08. The maximum Gasteiger partial charge on any atom is 0.306 e. The fourth-order valence-corrected chi connectivity index (χ4v) is 7.71. The number of anilines is 1. The molecular weight excluding hydrogens is 628 g/mol. The second-order valence-electron chi connectivity index (χ2n) is 15.0. The molecule has 2 unspecified atom stereocenters. The molecule has 48 heavy (non-hydrogen) atoms. The Bertz CT molecular complexity index is 1440. The third-order valence-electron chi connectivity index (χ3n) is 10.1. The van der Waals surface area contributed by atoms with Crippen molar-refractivity contribution in [3.8, 4) is 0 Å². The van der Waals surface area contributed by atoms with Gasteiger partial charge in [-0.3, -0.25) is 14.4 Å². The molecule has 2 amide bonds. The van der Waals surface area contributed by atoms with Gasteiger partial charge in [0.2, 0.25) is 5.91 Å². The number of hydrogen-bond donors (Lipinski definition) is 0. The van der Waals surface area contributed by atoms with Crippen molar-refractivity contribution in [3.63, 3.8) is 0 Å². The van der Waals surface area contributed by atoms with Gasteiger partial charge >= 0.3 is 5.97 Å². The summed E-state index contributed by atoms with van der Waals surface area (Å²) in [5, 5.41) is 0.670. The molecule has 0 saturated carbocycles. The van der Waals surface area contributed by atoms with Crippen molar-refractivity contribution < 1.29 is 19.1 Å². The Balaban J connectivity index is 1.11. The lowest BCUT2D eigenvalue weighted by Crippen LogP contribution is -2.44. The van der Waals surface area contributed by atoms with Crippen LogP contribution in [0.3, 0.4) is 0 Å². The molecule has 2 aromatic rings. The molecule has 3 aliphatic heterocycles. The number of esters is 1. The van der Waals surface area contributed by atoms with Crippen LogP contribution in [0, 0.1) is 38.5 Å². The SMILES string of the molecule is Cc1ccc(N(CCCN2CC3CN(C(=O)c4c(C)ncnc4C)CC3C2)C(=O)C2CCN(CCCC(=O)OC(C)(C)C)CC2)cc1Cl. The van der Waals surface area contributed by atoms with E-state index in [1.54, 1.807) is 0 Å². The van der Waals surface area contributed by atoms with Gasteiger partial charge in [0.25, 0.3) is 5.91 Å². The van der Waals surface area contributed by atoms with Gasteiger partial charge in [0.1, 0.15) is 11.9 Å². The van der Waals surface area contributed by atoms with Gasteiger partial charge in [0.05, 0.1) is 17.0 Å². The van der Waals surface area contributed by atoms with Gasteiger partial charge in [0.15, 0.2) is 0 Å². The molecule has 3 aliphatic rings. The molecule has 1 aromatic heterocycles. The summed E-state index contributed by atoms with van der Waals surface area (Å²) in [5.41, 5.74) is 3.51. The number of ether oxygens (including phenoxy) is 1. The summed E-state index contributed by atoms with van der Waals surface area (Å²) < 4.78 is 5.44. The Morgan fingerprint density at radius 3 is 2.15 bits per heavy atom. The van der Waals surface area contributed by atoms with Gasteiger partial charge in [-0.15, -0.1) is 0 Å². The Morgan fingerprint density at radius 2 is 1.54 bits per heavy atom. The van der Waals surface area contributed by atoms with E-state index in [1.165, 1.54) is 6.33 Å². The van der Waals surface area contributed by atoms with Crippen molar-refractivity contribution >= 4 is 35.1 Å². The number of piperidine rings is 1. The molecule has 0 radical (unpaired) electrons. The molecular formula is C37H53ClN6O4. The van der Waals surface area contributed by atoms with Crippen LogP contribution in [0.1, 0.15) is 80.2 Å². The topological polar surface area (TPSA) is 99.2 Å². The number of nitrogens with zero attached hydrogens (tertiary/aromatic N) is 6. The van der Waals surface area contributed by atoms with E-state index >= 15 is 0 Å². The van der Waals surface area contributed by atoms with Gasteiger partial charge < -0.3 is 24.3 Å². The highest BCUT2D eigenvalue weighted by Crippen LogP contribution is 2.33. The summed E-state index contributed by atoms with van der Waals surface area (Å²) >= 11 is 6.54. The summed E-state index contributed by atoms with van der Waals surface area (Å²) in [6.07, 6.45) is 5.16. The van der Waals surface area contributed by atoms with Crippen molar-refractivity contribution in [2.24, 2.45) is 17.8 Å². The molecule has 11 heteroatoms. The molecule has 0 N–H and O–H groups in total. The summed E-state index contributed by atoms with van der Waals surface area (Å²) in [4.78, 5) is 56.7. The fraction of sp³-hybridized carbons (Fsp3) is 0.649. The summed E-state index contributed by atoms with van der Waals surface area (Å²) in [5.74, 6) is 0.946. The van der Waals surface area contributed by atoms with Crippen LogP contribution in [0.4, 0.5) is 5.69 Å². The van der Waals surface area contributed by atoms with Crippen molar-refractivity contribution in [1.82, 2.24) is 24.7 Å². The van der Waals surface area contributed by atoms with E-state index in [1.807, 2.05) is 69.5 Å². The lowest BCUT2D eigenvalue weighted by Gasteiger charge is -2.34. The van der Waals surface area contributed by atoms with Crippen LogP contribution in [-0.2, 0) is 14.3 Å². The van der Waals surface area contributed by atoms with E-state index in [-0.39, 0.29) is 23.7 Å². The molecule has 3 fully saturated rings. The zero-order valence-electron chi connectivity index (χ0n) is 29.6. The summed E-state index contributed by atoms with van der Waals surface area (Å²) in [6, 6.07) is 5.93. The zero-order chi connectivity index (χ0) is 34.6. The predicted molar refractivity (Wildman–Crippen MR) is 188 cm³/mol. The van der Waals surface area contributed by atoms with Gasteiger partial charge in [-0.25, -0.2) is 9.97 Å². The first-order valence-electron chi connectivity index (χ1n) is 17.6. The Kier molecular flexibility index (Phi) is 11.8. The number of carbonyl (C=O) groups excluding carboxylic acids is 3. The number of halogens is 1. The Morgan fingerprint density at radius 1 is 0.917 bits per heavy atom. The van der Waals surface area contributed by atoms with Gasteiger partial charge in [-0.1, -0.05) is 17.7 Å². The third-order valence-corrected chi connectivity index (χ3v) is 10.5. The van der Waals surface area contributed by atoms with Gasteiger partial charge in [-0.2, -0.15) is 0 Å². The van der Waals surface area contributed by atoms with E-state index in [2.05, 4.69) is 19.8 Å². The van der Waals surface area contributed by atoms with Crippen molar-refractivity contribution in [2.45, 2.75) is 79.2 Å². The maximum absolute atomic E-state index is 14.0. The minimum atomic E-state index is -0.460. The lowest BCUT2D eigenvalue weighted by atomic mass is 9.94. The van der Waals surface area contributed by atoms with Crippen molar-refractivity contribution in [3.05, 3.63) is 52.1 Å². The summed E-state index contributed by atoms with van der Waals surface area (Å²) in [6.45, 7) is 18.9. The highest BCUT2D eigenvalue weighted by atomic mass is 35.5. The van der Waals surface area contributed by atoms with Crippen molar-refractivity contribution in [2.75, 3.05) is 63.8 Å². The highest BCUT2D eigenvalue weighted by molar-refractivity contribution is 6.31. The first-order valence-corrected chi connectivity index (χ1v) is 18.0. The van der Waals surface area contributed by atoms with Crippen LogP contribution >= 0.6 is 11.6 Å². The van der Waals surface area contributed by atoms with Crippen molar-refractivity contribution in [1.29, 1.82) is 0 Å². The second-order valence-corrected chi connectivity index (χ2v) is 15.4. The molecule has 2 atom stereocenters. The number of carbonyl (C=O) groups is 3. The fourth-order valence-electron chi connectivity index (χ4n) is 7.53. The minimum Gasteiger partial charge on any atom is -0.460 e. The average molecular weight is 681 g/mol. The average Bonchev–Trinajstić information content (AvgIpc) is 3.59. The molecule has 0 aliphatic carbocycles. The number of likely N-dealkylation sites (tertiary alicyclic amines) is 3. The number of amides is 2. The number of fused-ring (bicyclic) bond motifs is 1. The smallest absolute Gasteiger partial charge is 0.306 e. The van der Waals surface area contributed by atoms with Crippen LogP contribution in [0.2, 0.25) is 5.02 Å². The summed E-state index contributed by atoms with van der Waals surface area (Å²) in [7, 11) is 0. The van der Waals surface area contributed by atoms with Crippen LogP contribution in [0.5, 0.6) is 0 Å². The van der Waals surface area contributed by atoms with E-state index in [0.717, 1.165) is 101 Å². The number of aryl methyl sites for hydroxylation is 3. The maximum atomic E-state index is 14.0. The molecule has 10 nitrogen and oxygen atoms in total. The number of hydrogen-bond acceptors (Lipinski definition) is 8. The number of benzene rings is 1. The van der Waals surface area contributed by atoms with Gasteiger partial charge in [-0.05, 0) is 123 Å². The quantitative estimate of drug-likeness (QED) is 0.295. The molecule has 3 saturated heterocycles. The second kappa shape index (κ2) is 15.6. The van der Waals surface area contributed by atoms with E-state index in [0.29, 0.717) is 35.4 Å². The van der Waals surface area contributed by atoms with E-state index < -0.39 is 5.60 Å². The molecule has 0 bridgehead atoms. The number of rotatable bonds is 11. The van der Waals surface area contributed by atoms with Crippen LogP contribution < -0.4 is 4.90 Å². The number of aromatic nitrogens is 2. The van der Waals surface area contributed by atoms with Crippen LogP contribution in [0.15, 0.2) is 24.5 Å². The predicted octanol–water partition coefficient (Wildman–Crippen LogP) is 5.32. The van der Waals surface area contributed by atoms with Crippen LogP contribution in [0.25, 0.3) is 0 Å². The normalized spacial score (nSPS) is 20.6. The standard InChI is InChI=1S/C37H53ClN6O4/c1-25-10-11-31(19-32(25)38)44(35(46)28-12-17-41(18-13-28)14-7-9-33(45)48-37(4,5)6)16-8-15-42-20-29-22-43(23-30(29)21-42)36(47)34-26(2)39-24-40-27(34)3/h10-11,19,24,28-30H,7-9,12-18,20-23H2,1-6H3. The molecule has 5 rings (SSSR count). The van der Waals surface area contributed by atoms with E-state index in [9.17, 15) is 14.4 Å². The molecule has 262 valence electrons. The Labute approximate surface area is 291 Å². The monoisotopic (exact) mass is 680 g/mol. The first-order chi connectivity index (χ1) is 22.8. The molecule has 0 spiro atoms. The van der Waals surface area contributed by atoms with E-state index in [4.69, 9.17) is 16.3 Å². The zero-order valence-corrected chi connectivity index (χ0v) is 30.4. The molecule has 4 heterocycles. The highest BCUT2D eigenvalue weighted by Gasteiger charge is 2.42. The lowest BCUT2D eigenvalue weighted by molar-refractivity contribution is -0.155. The largest absolute Gasteiger partial charge is 0.460 e. The van der Waals surface area contributed by atoms with Crippen LogP contribution in [-0.4, -0.2) is 107 Å².